The van der Waals surface area contributed by atoms with Gasteiger partial charge in [-0.2, -0.15) is 0 Å². The summed E-state index contributed by atoms with van der Waals surface area (Å²) in [5.74, 6) is 0.682. The number of carbonyl (C=O) groups excluding carboxylic acids is 2. The van der Waals surface area contributed by atoms with Crippen LogP contribution in [0.2, 0.25) is 10.0 Å². The van der Waals surface area contributed by atoms with Crippen LogP contribution in [-0.2, 0) is 30.7 Å². The molecule has 0 saturated carbocycles. The standard InChI is InChI=1S/C37H39Cl2N5O6/c1-37(2,3)50-36(47)44-13-12-25-29(20-44)41-27(15-32(25)48-4)31(46)14-21-8-6-9-23(33(21)38)24-10-7-11-26(34(24)39)28-16-40-30(35(42-28)49-5)19-43-17-22(45)18-43/h6-11,15-16,22,45H,12-14,17-20H2,1-5H3. The number of pyridine rings is 1. The lowest BCUT2D eigenvalue weighted by atomic mass is 9.97. The Hall–Kier alpha value is -4.29. The highest BCUT2D eigenvalue weighted by Gasteiger charge is 2.30. The molecule has 262 valence electrons. The zero-order chi connectivity index (χ0) is 35.7. The minimum Gasteiger partial charge on any atom is -0.496 e. The van der Waals surface area contributed by atoms with Gasteiger partial charge < -0.3 is 24.2 Å². The first-order chi connectivity index (χ1) is 23.8. The summed E-state index contributed by atoms with van der Waals surface area (Å²) in [7, 11) is 3.10. The molecular formula is C37H39Cl2N5O6. The zero-order valence-corrected chi connectivity index (χ0v) is 30.1. The number of nitrogens with zero attached hydrogens (tertiary/aromatic N) is 5. The second kappa shape index (κ2) is 14.5. The molecule has 0 unspecified atom stereocenters. The Bertz CT molecular complexity index is 1940. The molecule has 0 atom stereocenters. The topological polar surface area (TPSA) is 127 Å². The maximum Gasteiger partial charge on any atom is 0.410 e. The van der Waals surface area contributed by atoms with Crippen LogP contribution in [0.15, 0.2) is 48.7 Å². The molecule has 1 amide bonds. The number of fused-ring (bicyclic) bond motifs is 1. The summed E-state index contributed by atoms with van der Waals surface area (Å²) in [6.07, 6.45) is 1.41. The number of rotatable bonds is 9. The quantitative estimate of drug-likeness (QED) is 0.194. The third-order valence-electron chi connectivity index (χ3n) is 8.61. The molecule has 0 bridgehead atoms. The lowest BCUT2D eigenvalue weighted by Gasteiger charge is -2.35. The molecule has 0 radical (unpaired) electrons. The van der Waals surface area contributed by atoms with Crippen molar-refractivity contribution < 1.29 is 28.9 Å². The SMILES string of the molecule is COc1cc(C(=O)Cc2cccc(-c3cccc(-c4cnc(CN5CC(O)C5)c(OC)n4)c3Cl)c2Cl)nc2c1CCN(C(=O)OC(C)(C)C)C2. The summed E-state index contributed by atoms with van der Waals surface area (Å²) in [6, 6.07) is 12.7. The fourth-order valence-electron chi connectivity index (χ4n) is 6.12. The molecule has 1 fully saturated rings. The molecule has 2 aromatic heterocycles. The number of ketones is 1. The third kappa shape index (κ3) is 7.56. The molecule has 13 heteroatoms. The number of hydrogen-bond donors (Lipinski definition) is 1. The molecule has 2 aliphatic heterocycles. The predicted molar refractivity (Wildman–Crippen MR) is 190 cm³/mol. The number of aromatic nitrogens is 3. The first-order valence-electron chi connectivity index (χ1n) is 16.3. The zero-order valence-electron chi connectivity index (χ0n) is 28.6. The van der Waals surface area contributed by atoms with Gasteiger partial charge in [-0.1, -0.05) is 59.6 Å². The van der Waals surface area contributed by atoms with Gasteiger partial charge in [0.1, 0.15) is 22.7 Å². The first-order valence-corrected chi connectivity index (χ1v) is 17.1. The molecule has 0 spiro atoms. The van der Waals surface area contributed by atoms with Gasteiger partial charge in [0.25, 0.3) is 0 Å². The molecular weight excluding hydrogens is 681 g/mol. The van der Waals surface area contributed by atoms with Gasteiger partial charge in [0.15, 0.2) is 5.78 Å². The molecule has 4 aromatic rings. The van der Waals surface area contributed by atoms with Crippen molar-refractivity contribution in [1.29, 1.82) is 0 Å². The molecule has 2 aliphatic rings. The van der Waals surface area contributed by atoms with E-state index in [9.17, 15) is 14.7 Å². The summed E-state index contributed by atoms with van der Waals surface area (Å²) in [6.45, 7) is 7.79. The predicted octanol–water partition coefficient (Wildman–Crippen LogP) is 6.42. The van der Waals surface area contributed by atoms with Crippen molar-refractivity contribution >= 4 is 35.1 Å². The number of halogens is 2. The number of ether oxygens (including phenoxy) is 3. The maximum absolute atomic E-state index is 13.7. The Morgan fingerprint density at radius 3 is 2.36 bits per heavy atom. The monoisotopic (exact) mass is 719 g/mol. The molecule has 11 nitrogen and oxygen atoms in total. The van der Waals surface area contributed by atoms with Crippen molar-refractivity contribution in [2.75, 3.05) is 33.9 Å². The number of likely N-dealkylation sites (tertiary alicyclic amines) is 1. The van der Waals surface area contributed by atoms with Crippen LogP contribution >= 0.6 is 23.2 Å². The minimum atomic E-state index is -0.632. The van der Waals surface area contributed by atoms with E-state index in [4.69, 9.17) is 42.4 Å². The first kappa shape index (κ1) is 35.5. The highest BCUT2D eigenvalue weighted by Crippen LogP contribution is 2.40. The summed E-state index contributed by atoms with van der Waals surface area (Å²) in [5, 5.41) is 10.4. The van der Waals surface area contributed by atoms with Crippen molar-refractivity contribution in [3.63, 3.8) is 0 Å². The van der Waals surface area contributed by atoms with Crippen molar-refractivity contribution in [2.24, 2.45) is 0 Å². The second-order valence-electron chi connectivity index (χ2n) is 13.4. The van der Waals surface area contributed by atoms with E-state index in [0.29, 0.717) is 93.6 Å². The van der Waals surface area contributed by atoms with E-state index in [-0.39, 0.29) is 30.5 Å². The van der Waals surface area contributed by atoms with Crippen LogP contribution in [0.5, 0.6) is 11.6 Å². The van der Waals surface area contributed by atoms with Crippen LogP contribution < -0.4 is 9.47 Å². The van der Waals surface area contributed by atoms with E-state index < -0.39 is 11.7 Å². The minimum absolute atomic E-state index is 0.0209. The van der Waals surface area contributed by atoms with Crippen molar-refractivity contribution in [2.45, 2.75) is 58.4 Å². The fourth-order valence-corrected chi connectivity index (χ4v) is 6.74. The number of β-amino-alcohol motifs (C(OH)–C–C–N with tert-alkyl or cyclic N) is 1. The third-order valence-corrected chi connectivity index (χ3v) is 9.46. The molecule has 6 rings (SSSR count). The van der Waals surface area contributed by atoms with E-state index in [1.165, 1.54) is 0 Å². The van der Waals surface area contributed by atoms with E-state index in [1.807, 2.05) is 51.1 Å². The smallest absolute Gasteiger partial charge is 0.410 e. The number of benzene rings is 2. The number of hydrogen-bond acceptors (Lipinski definition) is 10. The largest absolute Gasteiger partial charge is 0.496 e. The van der Waals surface area contributed by atoms with Crippen molar-refractivity contribution in [3.8, 4) is 34.0 Å². The number of methoxy groups -OCH3 is 2. The summed E-state index contributed by atoms with van der Waals surface area (Å²) in [5.41, 5.74) is 4.81. The van der Waals surface area contributed by atoms with Crippen LogP contribution in [0.4, 0.5) is 4.79 Å². The highest BCUT2D eigenvalue weighted by molar-refractivity contribution is 6.38. The van der Waals surface area contributed by atoms with Crippen LogP contribution in [-0.4, -0.2) is 87.3 Å². The van der Waals surface area contributed by atoms with Gasteiger partial charge >= 0.3 is 6.09 Å². The molecule has 1 N–H and O–H groups in total. The number of aliphatic hydroxyl groups excluding tert-OH is 1. The van der Waals surface area contributed by atoms with E-state index in [2.05, 4.69) is 14.9 Å². The number of aliphatic hydroxyl groups is 1. The lowest BCUT2D eigenvalue weighted by molar-refractivity contribution is -0.00403. The Morgan fingerprint density at radius 2 is 1.68 bits per heavy atom. The molecule has 2 aromatic carbocycles. The average molecular weight is 721 g/mol. The van der Waals surface area contributed by atoms with Gasteiger partial charge in [-0.3, -0.25) is 14.7 Å². The van der Waals surface area contributed by atoms with E-state index in [0.717, 1.165) is 5.56 Å². The maximum atomic E-state index is 13.7. The molecule has 50 heavy (non-hydrogen) atoms. The summed E-state index contributed by atoms with van der Waals surface area (Å²) >= 11 is 14.0. The molecule has 0 aliphatic carbocycles. The van der Waals surface area contributed by atoms with Gasteiger partial charge in [0, 0.05) is 60.9 Å². The number of Topliss-reactive ketones (excluding diaryl/α,β-unsaturated/α-hetero) is 1. The van der Waals surface area contributed by atoms with Crippen molar-refractivity contribution in [3.05, 3.63) is 86.9 Å². The second-order valence-corrected chi connectivity index (χ2v) is 14.1. The average Bonchev–Trinajstić information content (AvgIpc) is 3.07. The van der Waals surface area contributed by atoms with Crippen molar-refractivity contribution in [1.82, 2.24) is 24.8 Å². The Balaban J connectivity index is 1.24. The van der Waals surface area contributed by atoms with E-state index in [1.54, 1.807) is 37.4 Å². The van der Waals surface area contributed by atoms with Gasteiger partial charge in [0.05, 0.1) is 54.5 Å². The Morgan fingerprint density at radius 1 is 0.980 bits per heavy atom. The number of amides is 1. The Labute approximate surface area is 301 Å². The summed E-state index contributed by atoms with van der Waals surface area (Å²) in [4.78, 5) is 44.1. The van der Waals surface area contributed by atoms with Crippen LogP contribution in [0.1, 0.15) is 53.8 Å². The molecule has 1 saturated heterocycles. The normalized spacial score (nSPS) is 14.9. The number of carbonyl (C=O) groups is 2. The summed E-state index contributed by atoms with van der Waals surface area (Å²) < 4.78 is 16.8. The fraction of sp³-hybridized carbons (Fsp3) is 0.378. The highest BCUT2D eigenvalue weighted by atomic mass is 35.5. The molecule has 4 heterocycles. The van der Waals surface area contributed by atoms with Gasteiger partial charge in [0.2, 0.25) is 5.88 Å². The van der Waals surface area contributed by atoms with Gasteiger partial charge in [-0.25, -0.2) is 14.8 Å². The van der Waals surface area contributed by atoms with Crippen LogP contribution in [0.25, 0.3) is 22.4 Å². The van der Waals surface area contributed by atoms with Gasteiger partial charge in [-0.15, -0.1) is 0 Å². The van der Waals surface area contributed by atoms with Gasteiger partial charge in [-0.05, 0) is 32.8 Å². The van der Waals surface area contributed by atoms with E-state index >= 15 is 0 Å². The van der Waals surface area contributed by atoms with Crippen LogP contribution in [0.3, 0.4) is 0 Å². The Kier molecular flexibility index (Phi) is 10.3. The van der Waals surface area contributed by atoms with Crippen LogP contribution in [0, 0.1) is 0 Å². The lowest BCUT2D eigenvalue weighted by Crippen LogP contribution is -2.50.